The maximum atomic E-state index is 12.3. The first-order valence-electron chi connectivity index (χ1n) is 11.8. The van der Waals surface area contributed by atoms with Gasteiger partial charge in [-0.2, -0.15) is 13.2 Å². The molecule has 0 saturated heterocycles. The minimum atomic E-state index is -4.33. The number of alkyl halides is 3. The molecule has 1 fully saturated rings. The number of hydrogen-bond donors (Lipinski definition) is 2. The van der Waals surface area contributed by atoms with E-state index in [1.54, 1.807) is 10.6 Å². The van der Waals surface area contributed by atoms with E-state index < -0.39 is 11.7 Å². The third-order valence-corrected chi connectivity index (χ3v) is 7.49. The van der Waals surface area contributed by atoms with E-state index in [4.69, 9.17) is 5.73 Å². The lowest BCUT2D eigenvalue weighted by atomic mass is 10.0. The van der Waals surface area contributed by atoms with Crippen molar-refractivity contribution in [1.82, 2.24) is 14.9 Å². The molecule has 0 spiro atoms. The Hall–Kier alpha value is -3.27. The first-order chi connectivity index (χ1) is 17.2. The van der Waals surface area contributed by atoms with Gasteiger partial charge in [0, 0.05) is 35.5 Å². The van der Waals surface area contributed by atoms with Gasteiger partial charge < -0.3 is 15.6 Å². The van der Waals surface area contributed by atoms with E-state index in [9.17, 15) is 22.8 Å². The van der Waals surface area contributed by atoms with Gasteiger partial charge in [0.2, 0.25) is 0 Å². The summed E-state index contributed by atoms with van der Waals surface area (Å²) in [6.45, 7) is 1.05. The number of nitrogens with one attached hydrogen (secondary N) is 1. The topological polar surface area (TPSA) is 90.0 Å². The molecule has 0 atom stereocenters. The number of nitrogens with zero attached hydrogens (tertiary/aromatic N) is 2. The second-order valence-corrected chi connectivity index (χ2v) is 10.1. The van der Waals surface area contributed by atoms with Crippen LogP contribution >= 0.6 is 11.8 Å². The van der Waals surface area contributed by atoms with E-state index in [0.717, 1.165) is 28.5 Å². The summed E-state index contributed by atoms with van der Waals surface area (Å²) >= 11 is 1.96. The van der Waals surface area contributed by atoms with Crippen molar-refractivity contribution in [2.75, 3.05) is 12.3 Å². The van der Waals surface area contributed by atoms with Crippen LogP contribution < -0.4 is 16.6 Å². The summed E-state index contributed by atoms with van der Waals surface area (Å²) in [5, 5.41) is 3.53. The van der Waals surface area contributed by atoms with E-state index in [-0.39, 0.29) is 17.3 Å². The third-order valence-electron chi connectivity index (χ3n) is 6.14. The number of pyridine rings is 2. The number of nitrogens with two attached hydrogens (primary N) is 1. The number of fused-ring (bicyclic) bond motifs is 1. The lowest BCUT2D eigenvalue weighted by molar-refractivity contribution is -0.137. The average molecular weight is 517 g/mol. The largest absolute Gasteiger partial charge is 0.417 e. The van der Waals surface area contributed by atoms with Crippen molar-refractivity contribution in [2.45, 2.75) is 55.0 Å². The number of anilines is 1. The highest BCUT2D eigenvalue weighted by molar-refractivity contribution is 8.00. The first-order valence-corrected chi connectivity index (χ1v) is 12.7. The van der Waals surface area contributed by atoms with Crippen molar-refractivity contribution in [3.63, 3.8) is 0 Å². The smallest absolute Gasteiger partial charge is 0.384 e. The summed E-state index contributed by atoms with van der Waals surface area (Å²) in [6, 6.07) is 13.8. The molecule has 0 unspecified atom stereocenters. The van der Waals surface area contributed by atoms with Crippen LogP contribution in [-0.4, -0.2) is 27.3 Å². The van der Waals surface area contributed by atoms with Crippen LogP contribution in [0.15, 0.2) is 64.4 Å². The van der Waals surface area contributed by atoms with Crippen molar-refractivity contribution < 1.29 is 18.0 Å². The minimum Gasteiger partial charge on any atom is -0.384 e. The molecule has 36 heavy (non-hydrogen) atoms. The zero-order valence-electron chi connectivity index (χ0n) is 19.6. The normalized spacial score (nSPS) is 15.9. The van der Waals surface area contributed by atoms with Crippen LogP contribution in [0.3, 0.4) is 0 Å². The Morgan fingerprint density at radius 2 is 1.69 bits per heavy atom. The number of aromatic nitrogens is 2. The Kier molecular flexibility index (Phi) is 8.03. The monoisotopic (exact) mass is 516 g/mol. The number of thioether (sulfide) groups is 1. The molecule has 1 saturated carbocycles. The molecular formula is C26H27F3N4O2S. The van der Waals surface area contributed by atoms with Crippen LogP contribution in [0.1, 0.15) is 48.2 Å². The van der Waals surface area contributed by atoms with Crippen LogP contribution in [0.5, 0.6) is 0 Å². The van der Waals surface area contributed by atoms with Gasteiger partial charge in [-0.05, 0) is 54.3 Å². The second kappa shape index (κ2) is 11.2. The van der Waals surface area contributed by atoms with Gasteiger partial charge in [0.1, 0.15) is 11.5 Å². The zero-order valence-corrected chi connectivity index (χ0v) is 20.4. The highest BCUT2D eigenvalue weighted by Gasteiger charge is 2.30. The van der Waals surface area contributed by atoms with Crippen LogP contribution in [0.2, 0.25) is 0 Å². The highest BCUT2D eigenvalue weighted by Crippen LogP contribution is 2.34. The van der Waals surface area contributed by atoms with Crippen molar-refractivity contribution >= 4 is 23.5 Å². The summed E-state index contributed by atoms with van der Waals surface area (Å²) in [4.78, 5) is 28.9. The SMILES string of the molecule is Nc1ccc(C(F)(F)F)cn1.O=C1NCCn2c1cc(-c1ccc(SC3CCCCC3)cc1)cc2=O. The van der Waals surface area contributed by atoms with Crippen LogP contribution in [-0.2, 0) is 12.7 Å². The average Bonchev–Trinajstić information content (AvgIpc) is 2.86. The molecular weight excluding hydrogens is 489 g/mol. The Morgan fingerprint density at radius 1 is 0.972 bits per heavy atom. The minimum absolute atomic E-state index is 0.0815. The molecule has 2 aliphatic rings. The van der Waals surface area contributed by atoms with Crippen LogP contribution in [0.4, 0.5) is 19.0 Å². The zero-order chi connectivity index (χ0) is 25.7. The van der Waals surface area contributed by atoms with Gasteiger partial charge in [-0.25, -0.2) is 4.98 Å². The molecule has 0 bridgehead atoms. The quantitative estimate of drug-likeness (QED) is 0.489. The number of halogens is 3. The van der Waals surface area contributed by atoms with E-state index in [0.29, 0.717) is 25.0 Å². The van der Waals surface area contributed by atoms with Gasteiger partial charge in [-0.3, -0.25) is 9.59 Å². The first kappa shape index (κ1) is 25.8. The molecule has 1 aliphatic heterocycles. The molecule has 1 aliphatic carbocycles. The molecule has 190 valence electrons. The molecule has 0 radical (unpaired) electrons. The van der Waals surface area contributed by atoms with Gasteiger partial charge in [0.15, 0.2) is 0 Å². The number of carbonyl (C=O) groups is 1. The number of benzene rings is 1. The maximum absolute atomic E-state index is 12.3. The third kappa shape index (κ3) is 6.48. The summed E-state index contributed by atoms with van der Waals surface area (Å²) in [7, 11) is 0. The summed E-state index contributed by atoms with van der Waals surface area (Å²) in [6.07, 6.45) is 3.05. The maximum Gasteiger partial charge on any atom is 0.417 e. The fraction of sp³-hybridized carbons (Fsp3) is 0.346. The number of hydrogen-bond acceptors (Lipinski definition) is 5. The molecule has 10 heteroatoms. The molecule has 5 rings (SSSR count). The van der Waals surface area contributed by atoms with Crippen LogP contribution in [0, 0.1) is 0 Å². The van der Waals surface area contributed by atoms with Gasteiger partial charge >= 0.3 is 6.18 Å². The van der Waals surface area contributed by atoms with Crippen molar-refractivity contribution in [1.29, 1.82) is 0 Å². The highest BCUT2D eigenvalue weighted by atomic mass is 32.2. The Balaban J connectivity index is 0.000000233. The summed E-state index contributed by atoms with van der Waals surface area (Å²) < 4.78 is 37.1. The fourth-order valence-corrected chi connectivity index (χ4v) is 5.48. The van der Waals surface area contributed by atoms with Gasteiger partial charge in [0.05, 0.1) is 5.56 Å². The van der Waals surface area contributed by atoms with E-state index in [2.05, 4.69) is 34.6 Å². The van der Waals surface area contributed by atoms with E-state index in [1.807, 2.05) is 17.8 Å². The van der Waals surface area contributed by atoms with Gasteiger partial charge in [-0.15, -0.1) is 11.8 Å². The van der Waals surface area contributed by atoms with E-state index >= 15 is 0 Å². The number of amides is 1. The summed E-state index contributed by atoms with van der Waals surface area (Å²) in [5.41, 5.74) is 6.44. The predicted octanol–water partition coefficient (Wildman–Crippen LogP) is 5.37. The van der Waals surface area contributed by atoms with E-state index in [1.165, 1.54) is 37.0 Å². The fourth-order valence-electron chi connectivity index (χ4n) is 4.23. The summed E-state index contributed by atoms with van der Waals surface area (Å²) in [5.74, 6) is -0.0901. The van der Waals surface area contributed by atoms with Gasteiger partial charge in [0.25, 0.3) is 11.5 Å². The van der Waals surface area contributed by atoms with Crippen molar-refractivity contribution in [3.05, 3.63) is 76.3 Å². The molecule has 3 heterocycles. The lowest BCUT2D eigenvalue weighted by Crippen LogP contribution is -2.40. The van der Waals surface area contributed by atoms with Crippen LogP contribution in [0.25, 0.3) is 11.1 Å². The Labute approximate surface area is 211 Å². The molecule has 1 amide bonds. The molecule has 3 N–H and O–H groups in total. The molecule has 1 aromatic carbocycles. The number of rotatable bonds is 3. The Morgan fingerprint density at radius 3 is 2.33 bits per heavy atom. The lowest BCUT2D eigenvalue weighted by Gasteiger charge is -2.21. The standard InChI is InChI=1S/C20H22N2O2S.C6H5F3N2/c23-19-13-15(12-18-20(24)21-10-11-22(18)19)14-6-8-17(9-7-14)25-16-4-2-1-3-5-16;7-6(8,9)4-1-2-5(10)11-3-4/h6-9,12-13,16H,1-5,10-11H2,(H,21,24);1-3H,(H2,10,11). The second-order valence-electron chi connectivity index (χ2n) is 8.75. The molecule has 6 nitrogen and oxygen atoms in total. The van der Waals surface area contributed by atoms with Gasteiger partial charge in [-0.1, -0.05) is 31.4 Å². The predicted molar refractivity (Wildman–Crippen MR) is 135 cm³/mol. The molecule has 3 aromatic rings. The number of carbonyl (C=O) groups excluding carboxylic acids is 1. The molecule has 2 aromatic heterocycles. The number of nitrogen functional groups attached to an aromatic ring is 1. The Bertz CT molecular complexity index is 1250. The van der Waals surface area contributed by atoms with Crippen molar-refractivity contribution in [3.8, 4) is 11.1 Å². The van der Waals surface area contributed by atoms with Crippen molar-refractivity contribution in [2.24, 2.45) is 0 Å².